The zero-order valence-corrected chi connectivity index (χ0v) is 7.85. The molecular weight excluding hydrogens is 224 g/mol. The SMILES string of the molecule is O=C(O)O.O=C(O)O.OOc1ccccc1. The summed E-state index contributed by atoms with van der Waals surface area (Å²) < 4.78 is 0. The van der Waals surface area contributed by atoms with Crippen molar-refractivity contribution in [2.45, 2.75) is 0 Å². The molecule has 90 valence electrons. The zero-order valence-electron chi connectivity index (χ0n) is 7.85. The van der Waals surface area contributed by atoms with Gasteiger partial charge in [-0.05, 0) is 12.1 Å². The van der Waals surface area contributed by atoms with Crippen LogP contribution in [0.5, 0.6) is 5.75 Å². The smallest absolute Gasteiger partial charge is 0.450 e. The average molecular weight is 234 g/mol. The van der Waals surface area contributed by atoms with Crippen LogP contribution in [-0.4, -0.2) is 38.0 Å². The molecule has 16 heavy (non-hydrogen) atoms. The van der Waals surface area contributed by atoms with E-state index >= 15 is 0 Å². The summed E-state index contributed by atoms with van der Waals surface area (Å²) in [6, 6.07) is 8.75. The van der Waals surface area contributed by atoms with E-state index < -0.39 is 12.3 Å². The Bertz CT molecular complexity index is 276. The summed E-state index contributed by atoms with van der Waals surface area (Å²) in [7, 11) is 0. The van der Waals surface area contributed by atoms with Crippen molar-refractivity contribution in [2.75, 3.05) is 0 Å². The summed E-state index contributed by atoms with van der Waals surface area (Å²) in [5, 5.41) is 35.9. The van der Waals surface area contributed by atoms with E-state index in [1.54, 1.807) is 24.3 Å². The minimum atomic E-state index is -1.83. The molecule has 1 aromatic rings. The number of benzene rings is 1. The van der Waals surface area contributed by atoms with E-state index in [0.29, 0.717) is 5.75 Å². The Kier molecular flexibility index (Phi) is 10.6. The molecule has 1 aromatic carbocycles. The summed E-state index contributed by atoms with van der Waals surface area (Å²) in [6.45, 7) is 0. The van der Waals surface area contributed by atoms with Gasteiger partial charge in [-0.15, -0.1) is 0 Å². The second-order valence-electron chi connectivity index (χ2n) is 1.97. The van der Waals surface area contributed by atoms with Crippen LogP contribution in [0.2, 0.25) is 0 Å². The van der Waals surface area contributed by atoms with E-state index in [1.807, 2.05) is 6.07 Å². The lowest BCUT2D eigenvalue weighted by Gasteiger charge is -1.90. The molecule has 0 fully saturated rings. The molecule has 0 unspecified atom stereocenters. The highest BCUT2D eigenvalue weighted by Crippen LogP contribution is 2.05. The molecule has 0 spiro atoms. The van der Waals surface area contributed by atoms with Crippen LogP contribution in [0.3, 0.4) is 0 Å². The fourth-order valence-electron chi connectivity index (χ4n) is 0.481. The lowest BCUT2D eigenvalue weighted by molar-refractivity contribution is -0.137. The molecule has 0 radical (unpaired) electrons. The number of para-hydroxylation sites is 1. The van der Waals surface area contributed by atoms with Gasteiger partial charge >= 0.3 is 12.3 Å². The van der Waals surface area contributed by atoms with Gasteiger partial charge in [0.15, 0.2) is 5.75 Å². The first-order chi connectivity index (χ1) is 7.40. The van der Waals surface area contributed by atoms with Crippen LogP contribution in [0, 0.1) is 0 Å². The second-order valence-corrected chi connectivity index (χ2v) is 1.97. The Balaban J connectivity index is 0. The van der Waals surface area contributed by atoms with Crippen molar-refractivity contribution in [2.24, 2.45) is 0 Å². The number of carboxylic acid groups (broad SMARTS) is 4. The molecule has 0 heterocycles. The molecule has 5 N–H and O–H groups in total. The van der Waals surface area contributed by atoms with Crippen molar-refractivity contribution in [3.8, 4) is 5.75 Å². The molecule has 0 saturated carbocycles. The second kappa shape index (κ2) is 10.6. The van der Waals surface area contributed by atoms with Crippen LogP contribution in [0.15, 0.2) is 30.3 Å². The van der Waals surface area contributed by atoms with E-state index in [1.165, 1.54) is 0 Å². The first-order valence-electron chi connectivity index (χ1n) is 3.60. The third kappa shape index (κ3) is 22.5. The first-order valence-corrected chi connectivity index (χ1v) is 3.60. The maximum Gasteiger partial charge on any atom is 0.503 e. The van der Waals surface area contributed by atoms with Crippen LogP contribution in [-0.2, 0) is 0 Å². The van der Waals surface area contributed by atoms with E-state index in [4.69, 9.17) is 35.3 Å². The molecule has 0 aliphatic heterocycles. The molecule has 8 nitrogen and oxygen atoms in total. The van der Waals surface area contributed by atoms with Crippen LogP contribution in [0.25, 0.3) is 0 Å². The third-order valence-corrected chi connectivity index (χ3v) is 0.849. The van der Waals surface area contributed by atoms with E-state index in [2.05, 4.69) is 4.89 Å². The number of hydrogen-bond acceptors (Lipinski definition) is 4. The molecule has 0 bridgehead atoms. The quantitative estimate of drug-likeness (QED) is 0.366. The van der Waals surface area contributed by atoms with Crippen LogP contribution < -0.4 is 4.89 Å². The van der Waals surface area contributed by atoms with Crippen molar-refractivity contribution < 1.29 is 40.2 Å². The van der Waals surface area contributed by atoms with Crippen molar-refractivity contribution in [3.63, 3.8) is 0 Å². The van der Waals surface area contributed by atoms with Gasteiger partial charge in [-0.1, -0.05) is 18.2 Å². The third-order valence-electron chi connectivity index (χ3n) is 0.849. The molecule has 0 atom stereocenters. The van der Waals surface area contributed by atoms with Gasteiger partial charge in [0.05, 0.1) is 0 Å². The normalized spacial score (nSPS) is 7.31. The van der Waals surface area contributed by atoms with Gasteiger partial charge in [-0.25, -0.2) is 14.8 Å². The standard InChI is InChI=1S/C6H6O2.2CH2O3/c7-8-6-4-2-1-3-5-6;2*2-1(3)4/h1-5,7H;2*(H2,2,3,4). The minimum Gasteiger partial charge on any atom is -0.450 e. The van der Waals surface area contributed by atoms with Crippen molar-refractivity contribution in [1.82, 2.24) is 0 Å². The Labute approximate surface area is 89.5 Å². The van der Waals surface area contributed by atoms with E-state index in [-0.39, 0.29) is 0 Å². The molecular formula is C8H10O8. The van der Waals surface area contributed by atoms with Crippen molar-refractivity contribution in [1.29, 1.82) is 0 Å². The fraction of sp³-hybridized carbons (Fsp3) is 0. The molecule has 1 rings (SSSR count). The Morgan fingerprint density at radius 3 is 1.38 bits per heavy atom. The fourth-order valence-corrected chi connectivity index (χ4v) is 0.481. The Morgan fingerprint density at radius 2 is 1.19 bits per heavy atom. The van der Waals surface area contributed by atoms with Gasteiger partial charge in [0, 0.05) is 0 Å². The predicted octanol–water partition coefficient (Wildman–Crippen LogP) is 1.98. The van der Waals surface area contributed by atoms with E-state index in [9.17, 15) is 0 Å². The largest absolute Gasteiger partial charge is 0.503 e. The average Bonchev–Trinajstić information content (AvgIpc) is 2.17. The lowest BCUT2D eigenvalue weighted by Crippen LogP contribution is -1.81. The highest BCUT2D eigenvalue weighted by Gasteiger charge is 1.82. The van der Waals surface area contributed by atoms with Crippen molar-refractivity contribution in [3.05, 3.63) is 30.3 Å². The van der Waals surface area contributed by atoms with Gasteiger partial charge in [0.25, 0.3) is 0 Å². The van der Waals surface area contributed by atoms with Gasteiger partial charge in [-0.2, -0.15) is 0 Å². The first kappa shape index (κ1) is 16.0. The van der Waals surface area contributed by atoms with Gasteiger partial charge in [0.2, 0.25) is 0 Å². The molecule has 8 heteroatoms. The maximum atomic E-state index is 8.56. The summed E-state index contributed by atoms with van der Waals surface area (Å²) in [5.41, 5.74) is 0. The summed E-state index contributed by atoms with van der Waals surface area (Å²) in [6.07, 6.45) is -3.67. The van der Waals surface area contributed by atoms with Gasteiger partial charge in [-0.3, -0.25) is 0 Å². The highest BCUT2D eigenvalue weighted by atomic mass is 17.1. The molecule has 0 amide bonds. The number of carbonyl (C=O) groups is 2. The lowest BCUT2D eigenvalue weighted by atomic mass is 10.3. The summed E-state index contributed by atoms with van der Waals surface area (Å²) in [4.78, 5) is 21.0. The Hall–Kier alpha value is -2.48. The number of rotatable bonds is 1. The minimum absolute atomic E-state index is 0.465. The van der Waals surface area contributed by atoms with E-state index in [0.717, 1.165) is 0 Å². The van der Waals surface area contributed by atoms with Gasteiger partial charge in [0.1, 0.15) is 0 Å². The highest BCUT2D eigenvalue weighted by molar-refractivity contribution is 5.53. The zero-order chi connectivity index (χ0) is 13.0. The molecule has 0 aromatic heterocycles. The molecule has 0 saturated heterocycles. The maximum absolute atomic E-state index is 8.56. The monoisotopic (exact) mass is 234 g/mol. The van der Waals surface area contributed by atoms with Crippen LogP contribution in [0.4, 0.5) is 9.59 Å². The van der Waals surface area contributed by atoms with Crippen LogP contribution in [0.1, 0.15) is 0 Å². The van der Waals surface area contributed by atoms with Gasteiger partial charge < -0.3 is 25.3 Å². The van der Waals surface area contributed by atoms with Crippen LogP contribution >= 0.6 is 0 Å². The predicted molar refractivity (Wildman–Crippen MR) is 51.0 cm³/mol. The summed E-state index contributed by atoms with van der Waals surface area (Å²) in [5.74, 6) is 0.465. The molecule has 0 aliphatic carbocycles. The number of hydrogen-bond donors (Lipinski definition) is 5. The van der Waals surface area contributed by atoms with Crippen molar-refractivity contribution >= 4 is 12.3 Å². The molecule has 0 aliphatic rings. The summed E-state index contributed by atoms with van der Waals surface area (Å²) >= 11 is 0. The Morgan fingerprint density at radius 1 is 0.875 bits per heavy atom. The topological polar surface area (TPSA) is 145 Å².